The van der Waals surface area contributed by atoms with Crippen LogP contribution in [0.3, 0.4) is 0 Å². The molecule has 52 heavy (non-hydrogen) atoms. The van der Waals surface area contributed by atoms with Gasteiger partial charge in [0.2, 0.25) is 0 Å². The van der Waals surface area contributed by atoms with Gasteiger partial charge in [-0.15, -0.1) is 65.4 Å². The van der Waals surface area contributed by atoms with E-state index in [1.807, 2.05) is 61.8 Å². The molecule has 0 N–H and O–H groups in total. The maximum Gasteiger partial charge on any atom is 0.122 e. The predicted molar refractivity (Wildman–Crippen MR) is 215 cm³/mol. The van der Waals surface area contributed by atoms with Crippen molar-refractivity contribution >= 4 is 43.5 Å². The number of benzene rings is 4. The molecule has 0 spiro atoms. The van der Waals surface area contributed by atoms with Gasteiger partial charge in [0.1, 0.15) is 5.58 Å². The van der Waals surface area contributed by atoms with E-state index in [0.29, 0.717) is 0 Å². The van der Waals surface area contributed by atoms with Gasteiger partial charge in [-0.1, -0.05) is 88.9 Å². The quantitative estimate of drug-likeness (QED) is 0.166. The third-order valence-corrected chi connectivity index (χ3v) is 10.7. The minimum Gasteiger partial charge on any atom is -0.501 e. The standard InChI is InChI=1S/C34H33N2OS.C12H10N.Ir/c1-19-11-9-12-20(2)28(19)23-17-26(35-18-24(23)33(3,4)5)21-13-10-14-22-29-27(37-30(21)22)16-15-25-31(29)38-32(36-25)34(6,7)8;1-10-7-8-12(13-9-10)11-5-3-2-4-6-11;/h9-12,14-18H,1-8H3;2-5,7-9H,1H3;/q2*-1;. The van der Waals surface area contributed by atoms with Gasteiger partial charge in [0.05, 0.1) is 20.8 Å². The van der Waals surface area contributed by atoms with Crippen molar-refractivity contribution in [1.82, 2.24) is 15.0 Å². The normalized spacial score (nSPS) is 11.8. The summed E-state index contributed by atoms with van der Waals surface area (Å²) >= 11 is 1.77. The minimum atomic E-state index is -0.0484. The van der Waals surface area contributed by atoms with Crippen molar-refractivity contribution in [2.24, 2.45) is 0 Å². The topological polar surface area (TPSA) is 51.8 Å². The van der Waals surface area contributed by atoms with Crippen molar-refractivity contribution in [2.45, 2.75) is 73.1 Å². The fraction of sp³-hybridized carbons (Fsp3) is 0.239. The molecule has 4 aromatic heterocycles. The number of rotatable bonds is 3. The summed E-state index contributed by atoms with van der Waals surface area (Å²) in [6.45, 7) is 19.8. The monoisotopic (exact) mass is 878 g/mol. The Bertz CT molecular complexity index is 2500. The molecule has 4 nitrogen and oxygen atoms in total. The van der Waals surface area contributed by atoms with Crippen LogP contribution in [0, 0.1) is 32.9 Å². The van der Waals surface area contributed by atoms with Gasteiger partial charge in [0.15, 0.2) is 0 Å². The number of hydrogen-bond acceptors (Lipinski definition) is 5. The molecule has 0 saturated heterocycles. The predicted octanol–water partition coefficient (Wildman–Crippen LogP) is 12.8. The zero-order chi connectivity index (χ0) is 36.1. The molecule has 8 rings (SSSR count). The molecule has 8 aromatic rings. The van der Waals surface area contributed by atoms with Crippen molar-refractivity contribution in [2.75, 3.05) is 0 Å². The van der Waals surface area contributed by atoms with Crippen LogP contribution in [0.2, 0.25) is 0 Å². The average molecular weight is 878 g/mol. The summed E-state index contributed by atoms with van der Waals surface area (Å²) in [5.74, 6) is 0. The first-order chi connectivity index (χ1) is 24.3. The molecule has 0 bridgehead atoms. The van der Waals surface area contributed by atoms with E-state index in [9.17, 15) is 0 Å². The summed E-state index contributed by atoms with van der Waals surface area (Å²) in [5.41, 5.74) is 13.9. The SMILES string of the molecule is Cc1ccc(-c2[c-]cccc2)nc1.Cc1cccc(C)c1-c1cc(-c2[c-]ccc3c2oc2ccc4nc(C(C)(C)C)sc4c23)ncc1C(C)(C)C.[Ir]. The van der Waals surface area contributed by atoms with Gasteiger partial charge in [-0.05, 0) is 83.1 Å². The summed E-state index contributed by atoms with van der Waals surface area (Å²) in [4.78, 5) is 14.2. The zero-order valence-corrected chi connectivity index (χ0v) is 34.4. The molecular formula is C46H43IrN3OS-2. The van der Waals surface area contributed by atoms with Crippen LogP contribution in [0.1, 0.15) is 68.8 Å². The van der Waals surface area contributed by atoms with Gasteiger partial charge in [-0.3, -0.25) is 0 Å². The Morgan fingerprint density at radius 3 is 2.12 bits per heavy atom. The summed E-state index contributed by atoms with van der Waals surface area (Å²) in [7, 11) is 0. The molecule has 0 amide bonds. The first kappa shape index (κ1) is 37.3. The van der Waals surface area contributed by atoms with Crippen LogP contribution in [0.15, 0.2) is 102 Å². The van der Waals surface area contributed by atoms with Gasteiger partial charge in [0, 0.05) is 43.3 Å². The maximum absolute atomic E-state index is 6.54. The fourth-order valence-electron chi connectivity index (χ4n) is 6.54. The number of aryl methyl sites for hydroxylation is 3. The van der Waals surface area contributed by atoms with E-state index in [-0.39, 0.29) is 30.9 Å². The second kappa shape index (κ2) is 14.5. The van der Waals surface area contributed by atoms with E-state index < -0.39 is 0 Å². The summed E-state index contributed by atoms with van der Waals surface area (Å²) < 4.78 is 7.72. The van der Waals surface area contributed by atoms with E-state index in [1.54, 1.807) is 11.3 Å². The molecule has 0 aliphatic heterocycles. The molecular weight excluding hydrogens is 835 g/mol. The van der Waals surface area contributed by atoms with Crippen LogP contribution in [0.4, 0.5) is 0 Å². The van der Waals surface area contributed by atoms with Crippen molar-refractivity contribution < 1.29 is 24.5 Å². The van der Waals surface area contributed by atoms with E-state index in [0.717, 1.165) is 55.0 Å². The second-order valence-electron chi connectivity index (χ2n) is 15.4. The third-order valence-electron chi connectivity index (χ3n) is 9.21. The van der Waals surface area contributed by atoms with Crippen molar-refractivity contribution in [3.63, 3.8) is 0 Å². The maximum atomic E-state index is 6.54. The van der Waals surface area contributed by atoms with Crippen LogP contribution in [0.25, 0.3) is 65.8 Å². The Hall–Kier alpha value is -4.48. The average Bonchev–Trinajstić information content (AvgIpc) is 3.71. The molecule has 4 aromatic carbocycles. The van der Waals surface area contributed by atoms with Crippen LogP contribution in [0.5, 0.6) is 0 Å². The molecule has 0 aliphatic carbocycles. The summed E-state index contributed by atoms with van der Waals surface area (Å²) in [6.07, 6.45) is 3.92. The molecule has 0 aliphatic rings. The van der Waals surface area contributed by atoms with Crippen LogP contribution in [-0.4, -0.2) is 15.0 Å². The van der Waals surface area contributed by atoms with Gasteiger partial charge in [0.25, 0.3) is 0 Å². The first-order valence-electron chi connectivity index (χ1n) is 17.4. The van der Waals surface area contributed by atoms with Crippen molar-refractivity contribution in [3.8, 4) is 33.6 Å². The Morgan fingerprint density at radius 2 is 1.46 bits per heavy atom. The molecule has 0 atom stereocenters. The summed E-state index contributed by atoms with van der Waals surface area (Å²) in [6, 6.07) is 35.5. The Balaban J connectivity index is 0.000000279. The van der Waals surface area contributed by atoms with Gasteiger partial charge >= 0.3 is 0 Å². The second-order valence-corrected chi connectivity index (χ2v) is 16.4. The number of thiazole rings is 1. The van der Waals surface area contributed by atoms with Gasteiger partial charge in [-0.25, -0.2) is 4.98 Å². The Labute approximate surface area is 324 Å². The number of hydrogen-bond donors (Lipinski definition) is 0. The zero-order valence-electron chi connectivity index (χ0n) is 31.2. The van der Waals surface area contributed by atoms with Gasteiger partial charge < -0.3 is 14.4 Å². The van der Waals surface area contributed by atoms with Crippen molar-refractivity contribution in [1.29, 1.82) is 0 Å². The fourth-order valence-corrected chi connectivity index (χ4v) is 7.71. The van der Waals surface area contributed by atoms with Crippen LogP contribution >= 0.6 is 11.3 Å². The van der Waals surface area contributed by atoms with Crippen molar-refractivity contribution in [3.05, 3.63) is 137 Å². The summed E-state index contributed by atoms with van der Waals surface area (Å²) in [5, 5.41) is 3.34. The molecule has 6 heteroatoms. The number of aromatic nitrogens is 3. The van der Waals surface area contributed by atoms with E-state index in [4.69, 9.17) is 14.4 Å². The Morgan fingerprint density at radius 1 is 0.712 bits per heavy atom. The first-order valence-corrected chi connectivity index (χ1v) is 18.3. The number of pyridine rings is 2. The number of furan rings is 1. The number of fused-ring (bicyclic) bond motifs is 5. The Kier molecular flexibility index (Phi) is 10.4. The molecule has 4 heterocycles. The largest absolute Gasteiger partial charge is 0.501 e. The molecule has 0 unspecified atom stereocenters. The van der Waals surface area contributed by atoms with E-state index in [1.165, 1.54) is 38.1 Å². The molecule has 1 radical (unpaired) electrons. The molecule has 0 fully saturated rings. The number of nitrogens with zero attached hydrogens (tertiary/aromatic N) is 3. The van der Waals surface area contributed by atoms with E-state index >= 15 is 0 Å². The van der Waals surface area contributed by atoms with Gasteiger partial charge in [-0.2, -0.15) is 0 Å². The minimum absolute atomic E-state index is 0. The van der Waals surface area contributed by atoms with E-state index in [2.05, 4.69) is 115 Å². The van der Waals surface area contributed by atoms with Crippen LogP contribution < -0.4 is 0 Å². The molecule has 265 valence electrons. The van der Waals surface area contributed by atoms with Crippen LogP contribution in [-0.2, 0) is 30.9 Å². The smallest absolute Gasteiger partial charge is 0.122 e. The third kappa shape index (κ3) is 7.25. The molecule has 0 saturated carbocycles.